The second kappa shape index (κ2) is 8.08. The van der Waals surface area contributed by atoms with Crippen molar-refractivity contribution in [2.45, 2.75) is 44.7 Å². The Morgan fingerprint density at radius 2 is 2.00 bits per heavy atom. The second-order valence-electron chi connectivity index (χ2n) is 5.54. The van der Waals surface area contributed by atoms with Gasteiger partial charge in [0.15, 0.2) is 5.11 Å². The van der Waals surface area contributed by atoms with Crippen LogP contribution in [0.25, 0.3) is 0 Å². The summed E-state index contributed by atoms with van der Waals surface area (Å²) < 4.78 is 13.9. The molecule has 0 amide bonds. The molecule has 1 aliphatic carbocycles. The van der Waals surface area contributed by atoms with Gasteiger partial charge in [0.05, 0.1) is 12.5 Å². The van der Waals surface area contributed by atoms with Crippen molar-refractivity contribution in [1.29, 1.82) is 0 Å². The first kappa shape index (κ1) is 16.7. The Morgan fingerprint density at radius 3 is 2.64 bits per heavy atom. The topological polar surface area (TPSA) is 55.4 Å². The molecule has 0 heterocycles. The van der Waals surface area contributed by atoms with Gasteiger partial charge < -0.3 is 20.1 Å². The van der Waals surface area contributed by atoms with E-state index in [-0.39, 0.29) is 18.4 Å². The number of hydrogen-bond acceptors (Lipinski definition) is 3. The molecule has 0 atom stereocenters. The Bertz CT molecular complexity index is 533. The lowest BCUT2D eigenvalue weighted by Crippen LogP contribution is -2.49. The first-order valence-corrected chi connectivity index (χ1v) is 7.96. The fourth-order valence-corrected chi connectivity index (χ4v) is 3.10. The third-order valence-electron chi connectivity index (χ3n) is 3.96. The third kappa shape index (κ3) is 4.66. The lowest BCUT2D eigenvalue weighted by atomic mass is 9.94. The summed E-state index contributed by atoms with van der Waals surface area (Å²) in [7, 11) is 0. The van der Waals surface area contributed by atoms with Gasteiger partial charge in [-0.3, -0.25) is 0 Å². The second-order valence-corrected chi connectivity index (χ2v) is 5.93. The van der Waals surface area contributed by atoms with Crippen molar-refractivity contribution in [3.8, 4) is 0 Å². The molecule has 0 unspecified atom stereocenters. The number of nitrogens with one attached hydrogen (secondary N) is 1. The number of halogens is 1. The van der Waals surface area contributed by atoms with Crippen LogP contribution in [0.5, 0.6) is 0 Å². The number of hydrogen-bond donors (Lipinski definition) is 1. The number of nitrogens with zero attached hydrogens (tertiary/aromatic N) is 1. The van der Waals surface area contributed by atoms with Crippen molar-refractivity contribution in [3.63, 3.8) is 0 Å². The molecule has 0 aromatic heterocycles. The van der Waals surface area contributed by atoms with E-state index in [1.807, 2.05) is 4.90 Å². The van der Waals surface area contributed by atoms with Gasteiger partial charge in [-0.05, 0) is 31.1 Å². The average molecular weight is 323 g/mol. The molecule has 0 radical (unpaired) electrons. The summed E-state index contributed by atoms with van der Waals surface area (Å²) in [4.78, 5) is 12.5. The summed E-state index contributed by atoms with van der Waals surface area (Å²) in [6.45, 7) is 0.00947. The van der Waals surface area contributed by atoms with Crippen LogP contribution in [0.1, 0.15) is 37.7 Å². The minimum atomic E-state index is -1.21. The fourth-order valence-electron chi connectivity index (χ4n) is 2.82. The summed E-state index contributed by atoms with van der Waals surface area (Å²) in [5.41, 5.74) is 0.561. The van der Waals surface area contributed by atoms with Gasteiger partial charge in [-0.2, -0.15) is 0 Å². The van der Waals surface area contributed by atoms with Gasteiger partial charge in [0.25, 0.3) is 0 Å². The van der Waals surface area contributed by atoms with Crippen molar-refractivity contribution in [3.05, 3.63) is 35.6 Å². The molecule has 1 aliphatic rings. The maximum absolute atomic E-state index is 13.9. The SMILES string of the molecule is O=C([O-])CNC(=S)N(Cc1ccccc1F)C1CCCCC1. The molecule has 0 spiro atoms. The van der Waals surface area contributed by atoms with E-state index in [2.05, 4.69) is 5.32 Å². The maximum atomic E-state index is 13.9. The Labute approximate surface area is 135 Å². The van der Waals surface area contributed by atoms with Gasteiger partial charge in [0, 0.05) is 18.2 Å². The molecule has 1 aromatic rings. The number of carboxylic acid groups (broad SMARTS) is 1. The molecule has 22 heavy (non-hydrogen) atoms. The predicted octanol–water partition coefficient (Wildman–Crippen LogP) is 1.58. The van der Waals surface area contributed by atoms with E-state index in [0.717, 1.165) is 25.7 Å². The number of thiocarbonyl (C=S) groups is 1. The van der Waals surface area contributed by atoms with E-state index >= 15 is 0 Å². The molecule has 0 aliphatic heterocycles. The lowest BCUT2D eigenvalue weighted by molar-refractivity contribution is -0.303. The largest absolute Gasteiger partial charge is 0.548 e. The van der Waals surface area contributed by atoms with Crippen LogP contribution >= 0.6 is 12.2 Å². The summed E-state index contributed by atoms with van der Waals surface area (Å²) in [6, 6.07) is 6.81. The lowest BCUT2D eigenvalue weighted by Gasteiger charge is -2.36. The summed E-state index contributed by atoms with van der Waals surface area (Å²) in [5, 5.41) is 13.6. The molecule has 0 bridgehead atoms. The predicted molar refractivity (Wildman–Crippen MR) is 84.4 cm³/mol. The number of benzene rings is 1. The van der Waals surface area contributed by atoms with Gasteiger partial charge in [0.1, 0.15) is 5.82 Å². The zero-order chi connectivity index (χ0) is 15.9. The monoisotopic (exact) mass is 323 g/mol. The normalized spacial score (nSPS) is 15.3. The molecule has 6 heteroatoms. The van der Waals surface area contributed by atoms with Crippen LogP contribution in [0.2, 0.25) is 0 Å². The van der Waals surface area contributed by atoms with Crippen LogP contribution in [-0.4, -0.2) is 28.6 Å². The zero-order valence-corrected chi connectivity index (χ0v) is 13.2. The van der Waals surface area contributed by atoms with Gasteiger partial charge >= 0.3 is 0 Å². The summed E-state index contributed by atoms with van der Waals surface area (Å²) in [5.74, 6) is -1.48. The minimum Gasteiger partial charge on any atom is -0.548 e. The van der Waals surface area contributed by atoms with E-state index in [1.165, 1.54) is 12.5 Å². The fraction of sp³-hybridized carbons (Fsp3) is 0.500. The van der Waals surface area contributed by atoms with Gasteiger partial charge in [-0.15, -0.1) is 0 Å². The number of rotatable bonds is 5. The Hall–Kier alpha value is -1.69. The van der Waals surface area contributed by atoms with Crippen LogP contribution in [0.15, 0.2) is 24.3 Å². The first-order valence-electron chi connectivity index (χ1n) is 7.55. The summed E-state index contributed by atoms with van der Waals surface area (Å²) in [6.07, 6.45) is 5.40. The van der Waals surface area contributed by atoms with Crippen LogP contribution < -0.4 is 10.4 Å². The Morgan fingerprint density at radius 1 is 1.32 bits per heavy atom. The van der Waals surface area contributed by atoms with Crippen molar-refractivity contribution < 1.29 is 14.3 Å². The van der Waals surface area contributed by atoms with Gasteiger partial charge in [0.2, 0.25) is 0 Å². The zero-order valence-electron chi connectivity index (χ0n) is 12.4. The molecule has 1 N–H and O–H groups in total. The smallest absolute Gasteiger partial charge is 0.169 e. The van der Waals surface area contributed by atoms with Crippen LogP contribution in [0, 0.1) is 5.82 Å². The van der Waals surface area contributed by atoms with Crippen LogP contribution in [0.3, 0.4) is 0 Å². The Balaban J connectivity index is 2.11. The van der Waals surface area contributed by atoms with Crippen molar-refractivity contribution in [1.82, 2.24) is 10.2 Å². The molecule has 2 rings (SSSR count). The van der Waals surface area contributed by atoms with Gasteiger partial charge in [-0.25, -0.2) is 4.39 Å². The number of aliphatic carboxylic acids is 1. The maximum Gasteiger partial charge on any atom is 0.169 e. The van der Waals surface area contributed by atoms with Crippen molar-refractivity contribution in [2.75, 3.05) is 6.54 Å². The molecule has 1 saturated carbocycles. The van der Waals surface area contributed by atoms with E-state index in [1.54, 1.807) is 18.2 Å². The molecule has 1 aromatic carbocycles. The van der Waals surface area contributed by atoms with Crippen LogP contribution in [-0.2, 0) is 11.3 Å². The van der Waals surface area contributed by atoms with E-state index in [9.17, 15) is 14.3 Å². The number of carbonyl (C=O) groups excluding carboxylic acids is 1. The van der Waals surface area contributed by atoms with E-state index in [4.69, 9.17) is 12.2 Å². The quantitative estimate of drug-likeness (QED) is 0.834. The highest BCUT2D eigenvalue weighted by Gasteiger charge is 2.24. The number of carbonyl (C=O) groups is 1. The Kier molecular flexibility index (Phi) is 6.12. The minimum absolute atomic E-state index is 0.218. The molecule has 120 valence electrons. The van der Waals surface area contributed by atoms with Gasteiger partial charge in [-0.1, -0.05) is 37.5 Å². The molecule has 0 saturated heterocycles. The molecular weight excluding hydrogens is 303 g/mol. The van der Waals surface area contributed by atoms with Crippen molar-refractivity contribution in [2.24, 2.45) is 0 Å². The number of carboxylic acids is 1. The first-order chi connectivity index (χ1) is 10.6. The van der Waals surface area contributed by atoms with Crippen molar-refractivity contribution >= 4 is 23.3 Å². The highest BCUT2D eigenvalue weighted by molar-refractivity contribution is 7.80. The molecule has 1 fully saturated rings. The highest BCUT2D eigenvalue weighted by Crippen LogP contribution is 2.24. The summed E-state index contributed by atoms with van der Waals surface area (Å²) >= 11 is 5.32. The molecule has 4 nitrogen and oxygen atoms in total. The third-order valence-corrected chi connectivity index (χ3v) is 4.34. The van der Waals surface area contributed by atoms with Crippen LogP contribution in [0.4, 0.5) is 4.39 Å². The molecular formula is C16H20FN2O2S-. The standard InChI is InChI=1S/C16H21FN2O2S/c17-14-9-5-4-6-12(14)11-19(13-7-2-1-3-8-13)16(22)18-10-15(20)21/h4-6,9,13H,1-3,7-8,10-11H2,(H,18,22)(H,20,21)/p-1. The average Bonchev–Trinajstić information content (AvgIpc) is 2.52. The van der Waals surface area contributed by atoms with E-state index < -0.39 is 5.97 Å². The van der Waals surface area contributed by atoms with E-state index in [0.29, 0.717) is 17.2 Å². The highest BCUT2D eigenvalue weighted by atomic mass is 32.1.